The maximum Gasteiger partial charge on any atom is 0.387 e. The Labute approximate surface area is 234 Å². The third-order valence-electron chi connectivity index (χ3n) is 5.39. The van der Waals surface area contributed by atoms with Gasteiger partial charge in [-0.3, -0.25) is 0 Å². The first-order valence-electron chi connectivity index (χ1n) is 11.4. The molecule has 1 aliphatic rings. The minimum atomic E-state index is -3.02. The maximum atomic E-state index is 13.0. The number of halogens is 5. The zero-order valence-corrected chi connectivity index (χ0v) is 23.0. The number of hydrogen-bond acceptors (Lipinski definition) is 5. The van der Waals surface area contributed by atoms with Gasteiger partial charge in [-0.1, -0.05) is 71.7 Å². The summed E-state index contributed by atoms with van der Waals surface area (Å²) in [5.41, 5.74) is 0.974. The largest absolute Gasteiger partial charge is 0.489 e. The van der Waals surface area contributed by atoms with Crippen LogP contribution in [0.15, 0.2) is 81.7 Å². The van der Waals surface area contributed by atoms with Crippen molar-refractivity contribution in [3.8, 4) is 11.5 Å². The van der Waals surface area contributed by atoms with Gasteiger partial charge in [-0.25, -0.2) is 4.79 Å². The molecule has 1 atom stereocenters. The van der Waals surface area contributed by atoms with Crippen LogP contribution in [0.4, 0.5) is 13.6 Å². The Morgan fingerprint density at radius 3 is 2.54 bits per heavy atom. The minimum absolute atomic E-state index is 0.0833. The van der Waals surface area contributed by atoms with Gasteiger partial charge in [0.05, 0.1) is 11.6 Å². The fourth-order valence-electron chi connectivity index (χ4n) is 3.30. The van der Waals surface area contributed by atoms with Gasteiger partial charge in [0.1, 0.15) is 6.10 Å². The third-order valence-corrected chi connectivity index (χ3v) is 7.50. The molecule has 0 saturated heterocycles. The topological polar surface area (TPSA) is 44.8 Å². The quantitative estimate of drug-likeness (QED) is 0.140. The van der Waals surface area contributed by atoms with Crippen LogP contribution in [0.1, 0.15) is 37.9 Å². The Bertz CT molecular complexity index is 1180. The SMILES string of the molecule is C=C/C(Cl)=C(C[C@H](OC(=O)Sc1ccccc1Cl)c1ccc(OC(F)F)c(OCC2CC2)c1)\C(Cl)=C/C. The highest BCUT2D eigenvalue weighted by Gasteiger charge is 2.26. The summed E-state index contributed by atoms with van der Waals surface area (Å²) in [6, 6.07) is 11.3. The third kappa shape index (κ3) is 8.95. The van der Waals surface area contributed by atoms with Crippen molar-refractivity contribution in [2.24, 2.45) is 5.92 Å². The van der Waals surface area contributed by atoms with Crippen LogP contribution >= 0.6 is 46.6 Å². The van der Waals surface area contributed by atoms with Crippen LogP contribution < -0.4 is 9.47 Å². The van der Waals surface area contributed by atoms with Crippen molar-refractivity contribution in [1.82, 2.24) is 0 Å². The molecule has 1 aliphatic carbocycles. The van der Waals surface area contributed by atoms with Gasteiger partial charge in [-0.2, -0.15) is 8.78 Å². The highest BCUT2D eigenvalue weighted by Crippen LogP contribution is 2.40. The standard InChI is InChI=1S/C27H25Cl3F2O4S/c1-3-19(28)18(20(29)4-2)14-23(36-27(33)37-25-8-6-5-7-21(25)30)17-11-12-22(35-26(31)32)24(13-17)34-15-16-9-10-16/h3-8,11-13,16,23,26H,1,9-10,14-15H2,2H3/b19-18+,20-4+/t23-/m0/s1. The Morgan fingerprint density at radius 2 is 1.92 bits per heavy atom. The van der Waals surface area contributed by atoms with E-state index in [1.165, 1.54) is 24.3 Å². The Kier molecular flexibility index (Phi) is 11.2. The van der Waals surface area contributed by atoms with Gasteiger partial charge in [0.25, 0.3) is 0 Å². The fraction of sp³-hybridized carbons (Fsp3) is 0.296. The molecule has 0 aromatic heterocycles. The molecule has 0 spiro atoms. The average molecular weight is 590 g/mol. The monoisotopic (exact) mass is 588 g/mol. The van der Waals surface area contributed by atoms with Crippen molar-refractivity contribution in [1.29, 1.82) is 0 Å². The predicted octanol–water partition coefficient (Wildman–Crippen LogP) is 9.91. The van der Waals surface area contributed by atoms with Gasteiger partial charge in [-0.15, -0.1) is 0 Å². The van der Waals surface area contributed by atoms with E-state index in [4.69, 9.17) is 44.3 Å². The summed E-state index contributed by atoms with van der Waals surface area (Å²) in [6.07, 6.45) is 4.30. The van der Waals surface area contributed by atoms with Crippen molar-refractivity contribution in [2.45, 2.75) is 43.8 Å². The van der Waals surface area contributed by atoms with E-state index in [9.17, 15) is 13.6 Å². The van der Waals surface area contributed by atoms with Crippen molar-refractivity contribution < 1.29 is 27.8 Å². The van der Waals surface area contributed by atoms with Crippen LogP contribution in [0.25, 0.3) is 0 Å². The zero-order valence-electron chi connectivity index (χ0n) is 19.9. The van der Waals surface area contributed by atoms with E-state index in [1.54, 1.807) is 37.3 Å². The van der Waals surface area contributed by atoms with E-state index in [2.05, 4.69) is 11.3 Å². The number of rotatable bonds is 12. The van der Waals surface area contributed by atoms with E-state index >= 15 is 0 Å². The maximum absolute atomic E-state index is 13.0. The van der Waals surface area contributed by atoms with Crippen LogP contribution in [0.2, 0.25) is 5.02 Å². The summed E-state index contributed by atoms with van der Waals surface area (Å²) in [5.74, 6) is 0.390. The molecule has 2 aromatic rings. The average Bonchev–Trinajstić information content (AvgIpc) is 3.70. The second-order valence-electron chi connectivity index (χ2n) is 8.10. The van der Waals surface area contributed by atoms with E-state index in [-0.39, 0.29) is 23.0 Å². The number of ether oxygens (including phenoxy) is 3. The highest BCUT2D eigenvalue weighted by molar-refractivity contribution is 8.13. The Hall–Kier alpha value is -2.19. The number of alkyl halides is 2. The number of carbonyl (C=O) groups excluding carboxylic acids is 1. The summed E-state index contributed by atoms with van der Waals surface area (Å²) in [7, 11) is 0. The van der Waals surface area contributed by atoms with E-state index < -0.39 is 18.0 Å². The van der Waals surface area contributed by atoms with Gasteiger partial charge < -0.3 is 14.2 Å². The predicted molar refractivity (Wildman–Crippen MR) is 145 cm³/mol. The lowest BCUT2D eigenvalue weighted by molar-refractivity contribution is -0.0515. The molecule has 0 unspecified atom stereocenters. The molecule has 0 radical (unpaired) electrons. The summed E-state index contributed by atoms with van der Waals surface area (Å²) in [6.45, 7) is 2.78. The molecule has 0 bridgehead atoms. The van der Waals surface area contributed by atoms with Crippen molar-refractivity contribution in [3.63, 3.8) is 0 Å². The number of benzene rings is 2. The molecule has 3 rings (SSSR count). The minimum Gasteiger partial charge on any atom is -0.489 e. The normalized spacial score (nSPS) is 15.2. The van der Waals surface area contributed by atoms with Crippen LogP contribution in [-0.2, 0) is 4.74 Å². The molecule has 37 heavy (non-hydrogen) atoms. The summed E-state index contributed by atoms with van der Waals surface area (Å²) >= 11 is 19.8. The smallest absolute Gasteiger partial charge is 0.387 e. The second kappa shape index (κ2) is 14.1. The second-order valence-corrected chi connectivity index (χ2v) is 10.3. The van der Waals surface area contributed by atoms with Crippen LogP contribution in [0.3, 0.4) is 0 Å². The zero-order chi connectivity index (χ0) is 26.9. The first-order chi connectivity index (χ1) is 17.7. The first kappa shape index (κ1) is 29.4. The number of carbonyl (C=O) groups is 1. The number of thioether (sulfide) groups is 1. The summed E-state index contributed by atoms with van der Waals surface area (Å²) < 4.78 is 42.3. The van der Waals surface area contributed by atoms with Crippen LogP contribution in [0.5, 0.6) is 11.5 Å². The molecule has 198 valence electrons. The van der Waals surface area contributed by atoms with E-state index in [1.807, 2.05) is 0 Å². The van der Waals surface area contributed by atoms with Gasteiger partial charge in [0.2, 0.25) is 0 Å². The van der Waals surface area contributed by atoms with Gasteiger partial charge in [-0.05, 0) is 72.8 Å². The first-order valence-corrected chi connectivity index (χ1v) is 13.3. The van der Waals surface area contributed by atoms with E-state index in [0.29, 0.717) is 38.6 Å². The molecule has 1 fully saturated rings. The van der Waals surface area contributed by atoms with Gasteiger partial charge >= 0.3 is 11.9 Å². The molecule has 1 saturated carbocycles. The van der Waals surface area contributed by atoms with Crippen LogP contribution in [0, 0.1) is 5.92 Å². The molecule has 0 heterocycles. The van der Waals surface area contributed by atoms with Crippen molar-refractivity contribution >= 4 is 51.9 Å². The van der Waals surface area contributed by atoms with Crippen molar-refractivity contribution in [3.05, 3.63) is 87.4 Å². The van der Waals surface area contributed by atoms with Crippen molar-refractivity contribution in [2.75, 3.05) is 6.61 Å². The summed E-state index contributed by atoms with van der Waals surface area (Å²) in [5, 5.41) is 0.410. The molecular weight excluding hydrogens is 565 g/mol. The number of allylic oxidation sites excluding steroid dienone is 4. The van der Waals surface area contributed by atoms with Crippen LogP contribution in [-0.4, -0.2) is 18.5 Å². The van der Waals surface area contributed by atoms with E-state index in [0.717, 1.165) is 24.6 Å². The fourth-order valence-corrected chi connectivity index (χ4v) is 4.61. The van der Waals surface area contributed by atoms with Gasteiger partial charge in [0.15, 0.2) is 11.5 Å². The molecule has 2 aromatic carbocycles. The molecule has 10 heteroatoms. The molecule has 4 nitrogen and oxygen atoms in total. The lowest BCUT2D eigenvalue weighted by Gasteiger charge is -2.22. The molecule has 0 amide bonds. The number of hydrogen-bond donors (Lipinski definition) is 0. The summed E-state index contributed by atoms with van der Waals surface area (Å²) in [4.78, 5) is 13.5. The molecule has 0 N–H and O–H groups in total. The molecular formula is C27H25Cl3F2O4S. The Balaban J connectivity index is 1.96. The molecule has 0 aliphatic heterocycles. The highest BCUT2D eigenvalue weighted by atomic mass is 35.5. The Morgan fingerprint density at radius 1 is 1.19 bits per heavy atom. The van der Waals surface area contributed by atoms with Gasteiger partial charge in [0, 0.05) is 21.4 Å². The lowest BCUT2D eigenvalue weighted by Crippen LogP contribution is -2.11. The lowest BCUT2D eigenvalue weighted by atomic mass is 9.99.